The maximum absolute atomic E-state index is 12.7. The second-order valence-electron chi connectivity index (χ2n) is 6.32. The van der Waals surface area contributed by atoms with Gasteiger partial charge in [-0.15, -0.1) is 11.8 Å². The molecule has 3 rings (SSSR count). The van der Waals surface area contributed by atoms with E-state index in [1.807, 2.05) is 12.1 Å². The summed E-state index contributed by atoms with van der Waals surface area (Å²) in [6.07, 6.45) is -0.198. The molecule has 1 unspecified atom stereocenters. The van der Waals surface area contributed by atoms with Gasteiger partial charge in [0.25, 0.3) is 0 Å². The number of hydrogen-bond donors (Lipinski definition) is 2. The highest BCUT2D eigenvalue weighted by Crippen LogP contribution is 2.34. The minimum absolute atomic E-state index is 0.0983. The second kappa shape index (κ2) is 9.40. The molecule has 29 heavy (non-hydrogen) atoms. The largest absolute Gasteiger partial charge is 0.481 e. The van der Waals surface area contributed by atoms with Crippen molar-refractivity contribution in [3.05, 3.63) is 52.1 Å². The van der Waals surface area contributed by atoms with Gasteiger partial charge in [-0.3, -0.25) is 19.2 Å². The Morgan fingerprint density at radius 3 is 2.34 bits per heavy atom. The molecule has 1 saturated heterocycles. The van der Waals surface area contributed by atoms with E-state index in [4.69, 9.17) is 5.11 Å². The summed E-state index contributed by atoms with van der Waals surface area (Å²) >= 11 is 3.46. The van der Waals surface area contributed by atoms with Crippen molar-refractivity contribution in [1.82, 2.24) is 0 Å². The molecule has 3 amide bonds. The lowest BCUT2D eigenvalue weighted by Crippen LogP contribution is -2.31. The fourth-order valence-corrected chi connectivity index (χ4v) is 4.20. The fraction of sp³-hybridized carbons (Fsp3) is 0.200. The highest BCUT2D eigenvalue weighted by atomic mass is 127. The molecule has 9 heteroatoms. The number of amides is 3. The van der Waals surface area contributed by atoms with E-state index in [-0.39, 0.29) is 37.0 Å². The molecule has 7 nitrogen and oxygen atoms in total. The van der Waals surface area contributed by atoms with E-state index < -0.39 is 11.2 Å². The van der Waals surface area contributed by atoms with Crippen molar-refractivity contribution in [2.45, 2.75) is 29.4 Å². The molecular formula is C20H17IN2O5S. The smallest absolute Gasteiger partial charge is 0.303 e. The summed E-state index contributed by atoms with van der Waals surface area (Å²) in [4.78, 5) is 49.3. The molecule has 0 spiro atoms. The predicted octanol–water partition coefficient (Wildman–Crippen LogP) is 3.52. The van der Waals surface area contributed by atoms with Crippen LogP contribution in [0.2, 0.25) is 0 Å². The molecule has 0 bridgehead atoms. The van der Waals surface area contributed by atoms with E-state index in [1.165, 1.54) is 16.7 Å². The van der Waals surface area contributed by atoms with Gasteiger partial charge < -0.3 is 10.4 Å². The zero-order chi connectivity index (χ0) is 21.0. The van der Waals surface area contributed by atoms with Gasteiger partial charge in [0.1, 0.15) is 0 Å². The van der Waals surface area contributed by atoms with Gasteiger partial charge in [-0.05, 0) is 71.1 Å². The molecule has 0 saturated carbocycles. The SMILES string of the molecule is O=C(O)CCC(=O)Nc1ccc(SC2CC(=O)N(c3ccc(I)cc3)C2=O)cc1. The van der Waals surface area contributed by atoms with Crippen LogP contribution in [0.25, 0.3) is 0 Å². The number of hydrogen-bond acceptors (Lipinski definition) is 5. The number of thioether (sulfide) groups is 1. The van der Waals surface area contributed by atoms with Crippen molar-refractivity contribution in [2.75, 3.05) is 10.2 Å². The molecule has 1 aliphatic rings. The number of rotatable bonds is 7. The van der Waals surface area contributed by atoms with Crippen molar-refractivity contribution in [2.24, 2.45) is 0 Å². The van der Waals surface area contributed by atoms with Gasteiger partial charge in [-0.1, -0.05) is 0 Å². The Labute approximate surface area is 185 Å². The monoisotopic (exact) mass is 524 g/mol. The third-order valence-corrected chi connectivity index (χ3v) is 6.09. The van der Waals surface area contributed by atoms with Gasteiger partial charge in [0.2, 0.25) is 17.7 Å². The van der Waals surface area contributed by atoms with Crippen LogP contribution in [0.1, 0.15) is 19.3 Å². The van der Waals surface area contributed by atoms with Crippen molar-refractivity contribution < 1.29 is 24.3 Å². The summed E-state index contributed by atoms with van der Waals surface area (Å²) in [6.45, 7) is 0. The first-order valence-corrected chi connectivity index (χ1v) is 10.7. The molecular weight excluding hydrogens is 507 g/mol. The number of aliphatic carboxylic acids is 1. The Bertz CT molecular complexity index is 946. The minimum atomic E-state index is -1.03. The third-order valence-electron chi connectivity index (χ3n) is 4.17. The van der Waals surface area contributed by atoms with Crippen molar-refractivity contribution in [1.29, 1.82) is 0 Å². The summed E-state index contributed by atoms with van der Waals surface area (Å²) in [6, 6.07) is 14.1. The van der Waals surface area contributed by atoms with E-state index in [1.54, 1.807) is 36.4 Å². The number of carbonyl (C=O) groups excluding carboxylic acids is 3. The number of carboxylic acids is 1. The Balaban J connectivity index is 1.61. The minimum Gasteiger partial charge on any atom is -0.481 e. The standard InChI is InChI=1S/C20H17IN2O5S/c21-12-1-5-14(6-2-12)23-18(25)11-16(20(23)28)29-15-7-3-13(4-8-15)22-17(24)9-10-19(26)27/h1-8,16H,9-11H2,(H,22,24)(H,26,27). The van der Waals surface area contributed by atoms with Crippen molar-refractivity contribution in [3.63, 3.8) is 0 Å². The average Bonchev–Trinajstić information content (AvgIpc) is 2.96. The van der Waals surface area contributed by atoms with E-state index >= 15 is 0 Å². The molecule has 2 aromatic rings. The highest BCUT2D eigenvalue weighted by molar-refractivity contribution is 14.1. The van der Waals surface area contributed by atoms with E-state index in [2.05, 4.69) is 27.9 Å². The quantitative estimate of drug-likeness (QED) is 0.425. The summed E-state index contributed by atoms with van der Waals surface area (Å²) in [5, 5.41) is 10.7. The van der Waals surface area contributed by atoms with E-state index in [0.29, 0.717) is 11.4 Å². The number of imide groups is 1. The van der Waals surface area contributed by atoms with Crippen LogP contribution < -0.4 is 10.2 Å². The number of nitrogens with one attached hydrogen (secondary N) is 1. The number of anilines is 2. The van der Waals surface area contributed by atoms with Crippen LogP contribution in [-0.4, -0.2) is 34.0 Å². The molecule has 1 aliphatic heterocycles. The maximum atomic E-state index is 12.7. The zero-order valence-corrected chi connectivity index (χ0v) is 18.1. The van der Waals surface area contributed by atoms with Gasteiger partial charge in [0.15, 0.2) is 0 Å². The fourth-order valence-electron chi connectivity index (χ4n) is 2.78. The zero-order valence-electron chi connectivity index (χ0n) is 15.1. The predicted molar refractivity (Wildman–Crippen MR) is 118 cm³/mol. The molecule has 0 radical (unpaired) electrons. The lowest BCUT2D eigenvalue weighted by molar-refractivity contribution is -0.138. The number of halogens is 1. The Morgan fingerprint density at radius 2 is 1.72 bits per heavy atom. The number of nitrogens with zero attached hydrogens (tertiary/aromatic N) is 1. The lowest BCUT2D eigenvalue weighted by atomic mass is 10.2. The van der Waals surface area contributed by atoms with E-state index in [0.717, 1.165) is 8.47 Å². The van der Waals surface area contributed by atoms with Crippen LogP contribution in [-0.2, 0) is 19.2 Å². The molecule has 0 aliphatic carbocycles. The van der Waals surface area contributed by atoms with Gasteiger partial charge in [0, 0.05) is 27.0 Å². The van der Waals surface area contributed by atoms with Crippen LogP contribution in [0.5, 0.6) is 0 Å². The van der Waals surface area contributed by atoms with Gasteiger partial charge >= 0.3 is 5.97 Å². The lowest BCUT2D eigenvalue weighted by Gasteiger charge is -2.15. The molecule has 0 aromatic heterocycles. The molecule has 2 aromatic carbocycles. The van der Waals surface area contributed by atoms with Crippen LogP contribution in [0.3, 0.4) is 0 Å². The number of benzene rings is 2. The summed E-state index contributed by atoms with van der Waals surface area (Å²) in [7, 11) is 0. The Kier molecular flexibility index (Phi) is 6.91. The van der Waals surface area contributed by atoms with Crippen LogP contribution in [0.15, 0.2) is 53.4 Å². The number of carboxylic acid groups (broad SMARTS) is 1. The molecule has 2 N–H and O–H groups in total. The van der Waals surface area contributed by atoms with Gasteiger partial charge in [0.05, 0.1) is 17.4 Å². The Morgan fingerprint density at radius 1 is 1.07 bits per heavy atom. The average molecular weight is 524 g/mol. The van der Waals surface area contributed by atoms with Crippen LogP contribution in [0.4, 0.5) is 11.4 Å². The van der Waals surface area contributed by atoms with Crippen LogP contribution >= 0.6 is 34.4 Å². The summed E-state index contributed by atoms with van der Waals surface area (Å²) in [5.74, 6) is -1.87. The second-order valence-corrected chi connectivity index (χ2v) is 8.84. The van der Waals surface area contributed by atoms with Gasteiger partial charge in [-0.2, -0.15) is 0 Å². The molecule has 1 atom stereocenters. The van der Waals surface area contributed by atoms with Crippen molar-refractivity contribution >= 4 is 69.4 Å². The number of carbonyl (C=O) groups is 4. The first-order valence-electron chi connectivity index (χ1n) is 8.74. The van der Waals surface area contributed by atoms with Crippen LogP contribution in [0, 0.1) is 3.57 Å². The first-order chi connectivity index (χ1) is 13.8. The summed E-state index contributed by atoms with van der Waals surface area (Å²) < 4.78 is 1.02. The van der Waals surface area contributed by atoms with Crippen molar-refractivity contribution in [3.8, 4) is 0 Å². The normalized spacial score (nSPS) is 16.2. The van der Waals surface area contributed by atoms with E-state index in [9.17, 15) is 19.2 Å². The molecule has 1 fully saturated rings. The highest BCUT2D eigenvalue weighted by Gasteiger charge is 2.40. The maximum Gasteiger partial charge on any atom is 0.303 e. The topological polar surface area (TPSA) is 104 Å². The molecule has 150 valence electrons. The Hall–Kier alpha value is -2.40. The first kappa shape index (κ1) is 21.3. The summed E-state index contributed by atoms with van der Waals surface area (Å²) in [5.41, 5.74) is 1.11. The van der Waals surface area contributed by atoms with Gasteiger partial charge in [-0.25, -0.2) is 4.90 Å². The molecule has 1 heterocycles. The third kappa shape index (κ3) is 5.57.